The van der Waals surface area contributed by atoms with Crippen LogP contribution in [0.3, 0.4) is 0 Å². The van der Waals surface area contributed by atoms with Crippen LogP contribution in [0, 0.1) is 0 Å². The van der Waals surface area contributed by atoms with Crippen molar-refractivity contribution in [2.24, 2.45) is 5.10 Å². The Labute approximate surface area is 229 Å². The van der Waals surface area contributed by atoms with Gasteiger partial charge in [0.15, 0.2) is 11.5 Å². The summed E-state index contributed by atoms with van der Waals surface area (Å²) in [6.07, 6.45) is 4.18. The topological polar surface area (TPSA) is 65.7 Å². The summed E-state index contributed by atoms with van der Waals surface area (Å²) >= 11 is 3.46. The molecule has 0 bridgehead atoms. The van der Waals surface area contributed by atoms with Crippen molar-refractivity contribution in [3.63, 3.8) is 0 Å². The molecule has 192 valence electrons. The van der Waals surface area contributed by atoms with Crippen LogP contribution in [0.5, 0.6) is 11.5 Å². The molecule has 0 N–H and O–H groups in total. The van der Waals surface area contributed by atoms with E-state index in [0.717, 1.165) is 33.7 Å². The number of unbranched alkanes of at least 4 members (excludes halogenated alkanes) is 1. The van der Waals surface area contributed by atoms with E-state index >= 15 is 0 Å². The molecule has 0 amide bonds. The number of nitrogens with zero attached hydrogens (tertiary/aromatic N) is 3. The molecule has 0 aliphatic carbocycles. The third kappa shape index (κ3) is 5.34. The van der Waals surface area contributed by atoms with Crippen LogP contribution in [-0.4, -0.2) is 23.0 Å². The minimum absolute atomic E-state index is 0.209. The van der Waals surface area contributed by atoms with Crippen molar-refractivity contribution in [3.8, 4) is 11.5 Å². The van der Waals surface area contributed by atoms with Crippen molar-refractivity contribution in [1.82, 2.24) is 9.66 Å². The minimum atomic E-state index is -0.209. The maximum Gasteiger partial charge on any atom is 0.282 e. The molecule has 0 radical (unpaired) electrons. The standard InChI is InChI=1S/C31H28BrN3O3/c1-3-4-15-29-34-27-17-16-24(32)18-26(27)31(36)35(29)33-19-22-11-8-14-28(37-2)30(22)38-20-23-12-7-10-21-9-5-6-13-25(21)23/h5-14,16-19H,3-4,15,20H2,1-2H3. The van der Waals surface area contributed by atoms with Crippen LogP contribution in [-0.2, 0) is 13.0 Å². The number of rotatable bonds is 9. The molecule has 0 aliphatic heterocycles. The average molecular weight is 570 g/mol. The molecule has 7 heteroatoms. The first-order chi connectivity index (χ1) is 18.6. The van der Waals surface area contributed by atoms with Gasteiger partial charge in [0.2, 0.25) is 0 Å². The molecule has 0 atom stereocenters. The number of ether oxygens (including phenoxy) is 2. The van der Waals surface area contributed by atoms with Crippen LogP contribution < -0.4 is 15.0 Å². The largest absolute Gasteiger partial charge is 0.493 e. The predicted octanol–water partition coefficient (Wildman–Crippen LogP) is 7.12. The van der Waals surface area contributed by atoms with Crippen molar-refractivity contribution in [2.75, 3.05) is 7.11 Å². The average Bonchev–Trinajstić information content (AvgIpc) is 2.95. The Morgan fingerprint density at radius 1 is 1.00 bits per heavy atom. The van der Waals surface area contributed by atoms with Crippen molar-refractivity contribution in [2.45, 2.75) is 32.8 Å². The molecule has 0 fully saturated rings. The van der Waals surface area contributed by atoms with Gasteiger partial charge in [-0.05, 0) is 53.1 Å². The summed E-state index contributed by atoms with van der Waals surface area (Å²) in [6.45, 7) is 2.47. The van der Waals surface area contributed by atoms with E-state index in [0.29, 0.717) is 46.8 Å². The fourth-order valence-corrected chi connectivity index (χ4v) is 4.81. The van der Waals surface area contributed by atoms with Gasteiger partial charge in [-0.2, -0.15) is 9.78 Å². The summed E-state index contributed by atoms with van der Waals surface area (Å²) in [5.41, 5.74) is 2.22. The second kappa shape index (κ2) is 11.6. The van der Waals surface area contributed by atoms with E-state index < -0.39 is 0 Å². The number of para-hydroxylation sites is 1. The zero-order chi connectivity index (χ0) is 26.5. The molecule has 0 aliphatic rings. The molecular weight excluding hydrogens is 542 g/mol. The Morgan fingerprint density at radius 3 is 2.66 bits per heavy atom. The third-order valence-electron chi connectivity index (χ3n) is 6.42. The van der Waals surface area contributed by atoms with Gasteiger partial charge < -0.3 is 9.47 Å². The summed E-state index contributed by atoms with van der Waals surface area (Å²) in [7, 11) is 1.61. The van der Waals surface area contributed by atoms with Crippen LogP contribution >= 0.6 is 15.9 Å². The van der Waals surface area contributed by atoms with Crippen LogP contribution in [0.15, 0.2) is 93.2 Å². The molecule has 4 aromatic carbocycles. The van der Waals surface area contributed by atoms with Gasteiger partial charge >= 0.3 is 0 Å². The van der Waals surface area contributed by atoms with Gasteiger partial charge in [0, 0.05) is 16.5 Å². The van der Waals surface area contributed by atoms with Crippen LogP contribution in [0.1, 0.15) is 36.7 Å². The lowest BCUT2D eigenvalue weighted by molar-refractivity contribution is 0.285. The van der Waals surface area contributed by atoms with E-state index in [2.05, 4.69) is 52.2 Å². The van der Waals surface area contributed by atoms with Crippen molar-refractivity contribution in [3.05, 3.63) is 111 Å². The molecule has 5 aromatic rings. The highest BCUT2D eigenvalue weighted by Gasteiger charge is 2.14. The van der Waals surface area contributed by atoms with Gasteiger partial charge in [-0.15, -0.1) is 0 Å². The molecule has 0 unspecified atom stereocenters. The fourth-order valence-electron chi connectivity index (χ4n) is 4.45. The number of halogens is 1. The van der Waals surface area contributed by atoms with E-state index in [9.17, 15) is 4.79 Å². The second-order valence-corrected chi connectivity index (χ2v) is 9.88. The molecule has 0 spiro atoms. The second-order valence-electron chi connectivity index (χ2n) is 8.96. The molecule has 0 saturated carbocycles. The van der Waals surface area contributed by atoms with Crippen molar-refractivity contribution >= 4 is 43.8 Å². The summed E-state index contributed by atoms with van der Waals surface area (Å²) < 4.78 is 14.2. The highest BCUT2D eigenvalue weighted by Crippen LogP contribution is 2.32. The zero-order valence-electron chi connectivity index (χ0n) is 21.4. The van der Waals surface area contributed by atoms with Gasteiger partial charge in [-0.3, -0.25) is 4.79 Å². The number of hydrogen-bond donors (Lipinski definition) is 0. The SMILES string of the molecule is CCCCc1nc2ccc(Br)cc2c(=O)n1N=Cc1cccc(OC)c1OCc1cccc2ccccc12. The molecule has 6 nitrogen and oxygen atoms in total. The van der Waals surface area contributed by atoms with Gasteiger partial charge in [0.25, 0.3) is 5.56 Å². The minimum Gasteiger partial charge on any atom is -0.493 e. The van der Waals surface area contributed by atoms with Crippen molar-refractivity contribution in [1.29, 1.82) is 0 Å². The number of hydrogen-bond acceptors (Lipinski definition) is 5. The maximum absolute atomic E-state index is 13.5. The molecule has 5 rings (SSSR count). The highest BCUT2D eigenvalue weighted by atomic mass is 79.9. The van der Waals surface area contributed by atoms with Gasteiger partial charge in [0.1, 0.15) is 12.4 Å². The Bertz CT molecular complexity index is 1690. The van der Waals surface area contributed by atoms with Crippen LogP contribution in [0.25, 0.3) is 21.7 Å². The molecule has 0 saturated heterocycles. The van der Waals surface area contributed by atoms with E-state index in [1.165, 1.54) is 4.68 Å². The van der Waals surface area contributed by atoms with Crippen LogP contribution in [0.4, 0.5) is 0 Å². The Morgan fingerprint density at radius 2 is 1.82 bits per heavy atom. The lowest BCUT2D eigenvalue weighted by Gasteiger charge is -2.14. The van der Waals surface area contributed by atoms with Gasteiger partial charge in [0.05, 0.1) is 24.2 Å². The first-order valence-electron chi connectivity index (χ1n) is 12.6. The predicted molar refractivity (Wildman–Crippen MR) is 157 cm³/mol. The number of benzene rings is 4. The first kappa shape index (κ1) is 25.7. The van der Waals surface area contributed by atoms with Gasteiger partial charge in [-0.1, -0.05) is 77.8 Å². The molecule has 1 aromatic heterocycles. The maximum atomic E-state index is 13.5. The summed E-state index contributed by atoms with van der Waals surface area (Å²) in [4.78, 5) is 18.2. The lowest BCUT2D eigenvalue weighted by Crippen LogP contribution is -2.22. The number of aryl methyl sites for hydroxylation is 1. The van der Waals surface area contributed by atoms with Crippen molar-refractivity contribution < 1.29 is 9.47 Å². The quantitative estimate of drug-likeness (QED) is 0.177. The third-order valence-corrected chi connectivity index (χ3v) is 6.92. The molecule has 38 heavy (non-hydrogen) atoms. The summed E-state index contributed by atoms with van der Waals surface area (Å²) in [5, 5.41) is 7.42. The fraction of sp³-hybridized carbons (Fsp3) is 0.194. The van der Waals surface area contributed by atoms with E-state index in [1.54, 1.807) is 19.4 Å². The Hall–Kier alpha value is -3.97. The highest BCUT2D eigenvalue weighted by molar-refractivity contribution is 9.10. The van der Waals surface area contributed by atoms with E-state index in [1.807, 2.05) is 48.5 Å². The van der Waals surface area contributed by atoms with E-state index in [-0.39, 0.29) is 5.56 Å². The first-order valence-corrected chi connectivity index (χ1v) is 13.4. The van der Waals surface area contributed by atoms with Gasteiger partial charge in [-0.25, -0.2) is 4.98 Å². The number of aromatic nitrogens is 2. The Balaban J connectivity index is 1.53. The normalized spacial score (nSPS) is 11.4. The number of fused-ring (bicyclic) bond motifs is 2. The zero-order valence-corrected chi connectivity index (χ0v) is 22.9. The smallest absolute Gasteiger partial charge is 0.282 e. The summed E-state index contributed by atoms with van der Waals surface area (Å²) in [5.74, 6) is 1.78. The monoisotopic (exact) mass is 569 g/mol. The molecular formula is C31H28BrN3O3. The Kier molecular flexibility index (Phi) is 7.84. The lowest BCUT2D eigenvalue weighted by atomic mass is 10.1. The molecule has 1 heterocycles. The summed E-state index contributed by atoms with van der Waals surface area (Å²) in [6, 6.07) is 25.6. The number of methoxy groups -OCH3 is 1. The van der Waals surface area contributed by atoms with Crippen LogP contribution in [0.2, 0.25) is 0 Å². The van der Waals surface area contributed by atoms with E-state index in [4.69, 9.17) is 14.5 Å².